The molecule has 0 amide bonds. The summed E-state index contributed by atoms with van der Waals surface area (Å²) < 4.78 is 21.6. The lowest BCUT2D eigenvalue weighted by Gasteiger charge is -2.48. The minimum atomic E-state index is -1.79. The summed E-state index contributed by atoms with van der Waals surface area (Å²) in [6, 6.07) is 0. The first-order valence-electron chi connectivity index (χ1n) is 12.1. The molecule has 0 aromatic heterocycles. The van der Waals surface area contributed by atoms with E-state index in [9.17, 15) is 19.2 Å². The SMILES string of the molecule is CCCCCCCCCCCC(=O)C1(N)[C@@H](Br)O[C@H](COC(C)=O)[C@@H](OC(C)=O)[C@@H]1OC(C)=O. The van der Waals surface area contributed by atoms with Crippen molar-refractivity contribution in [2.45, 2.75) is 121 Å². The van der Waals surface area contributed by atoms with Crippen molar-refractivity contribution >= 4 is 39.6 Å². The topological polar surface area (TPSA) is 131 Å². The van der Waals surface area contributed by atoms with Crippen molar-refractivity contribution in [2.24, 2.45) is 5.73 Å². The lowest BCUT2D eigenvalue weighted by atomic mass is 9.80. The van der Waals surface area contributed by atoms with Crippen LogP contribution in [0.2, 0.25) is 0 Å². The van der Waals surface area contributed by atoms with E-state index < -0.39 is 46.8 Å². The molecule has 0 aromatic rings. The molecule has 1 saturated heterocycles. The number of ether oxygens (including phenoxy) is 4. The van der Waals surface area contributed by atoms with E-state index >= 15 is 0 Å². The molecule has 34 heavy (non-hydrogen) atoms. The van der Waals surface area contributed by atoms with Gasteiger partial charge in [0, 0.05) is 27.2 Å². The molecule has 9 nitrogen and oxygen atoms in total. The van der Waals surface area contributed by atoms with Crippen molar-refractivity contribution in [1.29, 1.82) is 0 Å². The van der Waals surface area contributed by atoms with Gasteiger partial charge in [0.1, 0.15) is 17.7 Å². The minimum absolute atomic E-state index is 0.164. The molecule has 0 aromatic carbocycles. The summed E-state index contributed by atoms with van der Waals surface area (Å²) in [7, 11) is 0. The van der Waals surface area contributed by atoms with E-state index in [1.807, 2.05) is 0 Å². The predicted molar refractivity (Wildman–Crippen MR) is 129 cm³/mol. The second-order valence-corrected chi connectivity index (χ2v) is 9.66. The predicted octanol–water partition coefficient (Wildman–Crippen LogP) is 3.72. The van der Waals surface area contributed by atoms with Crippen molar-refractivity contribution in [1.82, 2.24) is 0 Å². The smallest absolute Gasteiger partial charge is 0.303 e. The highest BCUT2D eigenvalue weighted by molar-refractivity contribution is 9.09. The number of alkyl halides is 1. The fourth-order valence-electron chi connectivity index (χ4n) is 4.04. The third-order valence-corrected chi connectivity index (χ3v) is 6.82. The number of halogens is 1. The number of carbonyl (C=O) groups is 4. The molecule has 1 aliphatic rings. The van der Waals surface area contributed by atoms with E-state index in [1.165, 1.54) is 52.9 Å². The second kappa shape index (κ2) is 15.5. The van der Waals surface area contributed by atoms with Crippen LogP contribution in [0.5, 0.6) is 0 Å². The van der Waals surface area contributed by atoms with Gasteiger partial charge in [0.15, 0.2) is 23.5 Å². The van der Waals surface area contributed by atoms with E-state index in [4.69, 9.17) is 24.7 Å². The maximum absolute atomic E-state index is 13.3. The van der Waals surface area contributed by atoms with Crippen molar-refractivity contribution in [3.8, 4) is 0 Å². The monoisotopic (exact) mass is 549 g/mol. The van der Waals surface area contributed by atoms with Gasteiger partial charge in [-0.1, -0.05) is 74.2 Å². The maximum Gasteiger partial charge on any atom is 0.303 e. The average Bonchev–Trinajstić information content (AvgIpc) is 2.75. The van der Waals surface area contributed by atoms with Crippen molar-refractivity contribution in [2.75, 3.05) is 6.61 Å². The van der Waals surface area contributed by atoms with Crippen LogP contribution >= 0.6 is 15.9 Å². The van der Waals surface area contributed by atoms with Crippen LogP contribution in [0.15, 0.2) is 0 Å². The summed E-state index contributed by atoms with van der Waals surface area (Å²) in [6.07, 6.45) is 6.46. The Labute approximate surface area is 210 Å². The minimum Gasteiger partial charge on any atom is -0.463 e. The molecule has 2 N–H and O–H groups in total. The third-order valence-electron chi connectivity index (χ3n) is 5.84. The van der Waals surface area contributed by atoms with E-state index in [0.717, 1.165) is 19.3 Å². The van der Waals surface area contributed by atoms with Gasteiger partial charge >= 0.3 is 17.9 Å². The number of esters is 3. The second-order valence-electron chi connectivity index (χ2n) is 8.83. The number of nitrogens with two attached hydrogens (primary N) is 1. The highest BCUT2D eigenvalue weighted by atomic mass is 79.9. The van der Waals surface area contributed by atoms with Crippen LogP contribution in [0.1, 0.15) is 91.9 Å². The number of hydrogen-bond acceptors (Lipinski definition) is 9. The summed E-state index contributed by atoms with van der Waals surface area (Å²) in [5, 5.41) is -1.05. The van der Waals surface area contributed by atoms with Gasteiger partial charge in [0.25, 0.3) is 0 Å². The number of rotatable bonds is 15. The zero-order chi connectivity index (χ0) is 25.7. The lowest BCUT2D eigenvalue weighted by molar-refractivity contribution is -0.222. The molecular formula is C24H40BrNO8. The Morgan fingerprint density at radius 3 is 1.88 bits per heavy atom. The van der Waals surface area contributed by atoms with Crippen LogP contribution in [0.3, 0.4) is 0 Å². The molecule has 196 valence electrons. The molecule has 5 atom stereocenters. The molecular weight excluding hydrogens is 510 g/mol. The van der Waals surface area contributed by atoms with Gasteiger partial charge in [-0.2, -0.15) is 0 Å². The number of carbonyl (C=O) groups excluding carboxylic acids is 4. The highest BCUT2D eigenvalue weighted by Crippen LogP contribution is 2.37. The quantitative estimate of drug-likeness (QED) is 0.140. The van der Waals surface area contributed by atoms with Gasteiger partial charge in [-0.15, -0.1) is 0 Å². The molecule has 1 rings (SSSR count). The van der Waals surface area contributed by atoms with Gasteiger partial charge in [-0.05, 0) is 6.42 Å². The molecule has 1 aliphatic heterocycles. The van der Waals surface area contributed by atoms with Crippen molar-refractivity contribution in [3.63, 3.8) is 0 Å². The first-order valence-corrected chi connectivity index (χ1v) is 13.0. The van der Waals surface area contributed by atoms with Gasteiger partial charge in [0.05, 0.1) is 0 Å². The Morgan fingerprint density at radius 2 is 1.38 bits per heavy atom. The fraction of sp³-hybridized carbons (Fsp3) is 0.833. The number of hydrogen-bond donors (Lipinski definition) is 1. The zero-order valence-corrected chi connectivity index (χ0v) is 22.4. The number of Topliss-reactive ketones (excluding diaryl/α,β-unsaturated/α-hetero) is 1. The van der Waals surface area contributed by atoms with E-state index in [0.29, 0.717) is 6.42 Å². The molecule has 0 spiro atoms. The first kappa shape index (κ1) is 30.5. The van der Waals surface area contributed by atoms with Crippen LogP contribution in [0.4, 0.5) is 0 Å². The van der Waals surface area contributed by atoms with Gasteiger partial charge in [-0.25, -0.2) is 0 Å². The molecule has 0 saturated carbocycles. The Hall–Kier alpha value is -1.52. The summed E-state index contributed by atoms with van der Waals surface area (Å²) in [4.78, 5) is 48.2. The summed E-state index contributed by atoms with van der Waals surface area (Å²) >= 11 is 3.31. The Bertz CT molecular complexity index is 688. The first-order chi connectivity index (χ1) is 16.0. The highest BCUT2D eigenvalue weighted by Gasteiger charge is 2.60. The average molecular weight is 550 g/mol. The summed E-state index contributed by atoms with van der Waals surface area (Å²) in [5.41, 5.74) is 4.74. The molecule has 0 radical (unpaired) electrons. The molecule has 0 bridgehead atoms. The lowest BCUT2D eigenvalue weighted by Crippen LogP contribution is -2.74. The number of ketones is 1. The van der Waals surface area contributed by atoms with Crippen molar-refractivity contribution in [3.05, 3.63) is 0 Å². The van der Waals surface area contributed by atoms with Crippen molar-refractivity contribution < 1.29 is 38.1 Å². The summed E-state index contributed by atoms with van der Waals surface area (Å²) in [6.45, 7) is 5.50. The fourth-order valence-corrected chi connectivity index (χ4v) is 4.84. The Kier molecular flexibility index (Phi) is 13.9. The third kappa shape index (κ3) is 9.62. The molecule has 1 unspecified atom stereocenters. The van der Waals surface area contributed by atoms with E-state index in [2.05, 4.69) is 22.9 Å². The normalized spacial score (nSPS) is 26.5. The van der Waals surface area contributed by atoms with Crippen LogP contribution in [-0.2, 0) is 38.1 Å². The molecule has 10 heteroatoms. The number of unbranched alkanes of at least 4 members (excludes halogenated alkanes) is 8. The molecule has 1 heterocycles. The Morgan fingerprint density at radius 1 is 0.853 bits per heavy atom. The van der Waals surface area contributed by atoms with E-state index in [-0.39, 0.29) is 18.8 Å². The van der Waals surface area contributed by atoms with Crippen LogP contribution < -0.4 is 5.73 Å². The van der Waals surface area contributed by atoms with Gasteiger partial charge in [0.2, 0.25) is 0 Å². The Balaban J connectivity index is 2.87. The molecule has 1 fully saturated rings. The molecule has 0 aliphatic carbocycles. The van der Waals surface area contributed by atoms with Gasteiger partial charge in [-0.3, -0.25) is 19.2 Å². The van der Waals surface area contributed by atoms with E-state index in [1.54, 1.807) is 0 Å². The van der Waals surface area contributed by atoms with Gasteiger partial charge < -0.3 is 24.7 Å². The standard InChI is InChI=1S/C24H40BrNO8/c1-5-6-7-8-9-10-11-12-13-14-20(30)24(26)22(33-18(4)29)21(32-17(3)28)19(34-23(24)25)15-31-16(2)27/h19,21-23H,5-15,26H2,1-4H3/t19-,21-,22+,23+,24?/m1/s1. The van der Waals surface area contributed by atoms with Crippen LogP contribution in [-0.4, -0.2) is 59.2 Å². The van der Waals surface area contributed by atoms with Crippen LogP contribution in [0, 0.1) is 0 Å². The summed E-state index contributed by atoms with van der Waals surface area (Å²) in [5.74, 6) is -2.31. The largest absolute Gasteiger partial charge is 0.463 e. The van der Waals surface area contributed by atoms with Crippen LogP contribution in [0.25, 0.3) is 0 Å². The maximum atomic E-state index is 13.3. The zero-order valence-electron chi connectivity index (χ0n) is 20.8.